The maximum absolute atomic E-state index is 12.9. The first-order valence-electron chi connectivity index (χ1n) is 8.67. The van der Waals surface area contributed by atoms with Gasteiger partial charge in [0.1, 0.15) is 5.75 Å². The number of nitrogens with one attached hydrogen (secondary N) is 2. The number of carbonyl (C=O) groups is 1. The summed E-state index contributed by atoms with van der Waals surface area (Å²) in [6, 6.07) is 13.0. The molecule has 144 valence electrons. The van der Waals surface area contributed by atoms with E-state index in [0.29, 0.717) is 17.0 Å². The fourth-order valence-corrected chi connectivity index (χ4v) is 4.21. The van der Waals surface area contributed by atoms with Crippen molar-refractivity contribution >= 4 is 21.6 Å². The molecule has 0 aromatic heterocycles. The van der Waals surface area contributed by atoms with Crippen molar-refractivity contribution in [3.63, 3.8) is 0 Å². The smallest absolute Gasteiger partial charge is 0.264 e. The van der Waals surface area contributed by atoms with Crippen LogP contribution < -0.4 is 19.7 Å². The second kappa shape index (κ2) is 7.98. The van der Waals surface area contributed by atoms with Crippen molar-refractivity contribution in [1.29, 1.82) is 0 Å². The molecule has 1 atom stereocenters. The molecule has 1 heterocycles. The summed E-state index contributed by atoms with van der Waals surface area (Å²) in [7, 11) is -0.812. The highest BCUT2D eigenvalue weighted by atomic mass is 32.2. The van der Waals surface area contributed by atoms with Crippen LogP contribution >= 0.6 is 0 Å². The van der Waals surface area contributed by atoms with Gasteiger partial charge in [0.05, 0.1) is 17.7 Å². The van der Waals surface area contributed by atoms with Crippen LogP contribution in [0.3, 0.4) is 0 Å². The predicted octanol–water partition coefficient (Wildman–Crippen LogP) is 1.61. The Labute approximate surface area is 159 Å². The van der Waals surface area contributed by atoms with Crippen LogP contribution in [0.25, 0.3) is 0 Å². The summed E-state index contributed by atoms with van der Waals surface area (Å²) in [5.74, 6) is 0.260. The van der Waals surface area contributed by atoms with E-state index in [1.54, 1.807) is 24.3 Å². The minimum atomic E-state index is -3.78. The Morgan fingerprint density at radius 3 is 2.52 bits per heavy atom. The summed E-state index contributed by atoms with van der Waals surface area (Å²) in [4.78, 5) is 12.4. The normalized spacial score (nSPS) is 16.7. The number of para-hydroxylation sites is 2. The van der Waals surface area contributed by atoms with Gasteiger partial charge in [-0.05, 0) is 49.4 Å². The van der Waals surface area contributed by atoms with Gasteiger partial charge in [-0.25, -0.2) is 8.42 Å². The van der Waals surface area contributed by atoms with Crippen LogP contribution in [0.15, 0.2) is 53.4 Å². The van der Waals surface area contributed by atoms with E-state index in [9.17, 15) is 13.2 Å². The number of methoxy groups -OCH3 is 1. The third-order valence-corrected chi connectivity index (χ3v) is 6.38. The molecule has 0 spiro atoms. The van der Waals surface area contributed by atoms with Crippen molar-refractivity contribution < 1.29 is 17.9 Å². The van der Waals surface area contributed by atoms with Crippen molar-refractivity contribution in [2.45, 2.75) is 17.4 Å². The molecule has 1 amide bonds. The zero-order valence-corrected chi connectivity index (χ0v) is 16.1. The van der Waals surface area contributed by atoms with Crippen LogP contribution in [0.2, 0.25) is 0 Å². The first-order valence-corrected chi connectivity index (χ1v) is 10.1. The molecule has 27 heavy (non-hydrogen) atoms. The van der Waals surface area contributed by atoms with Crippen molar-refractivity contribution in [3.05, 3.63) is 54.1 Å². The van der Waals surface area contributed by atoms with Crippen molar-refractivity contribution in [2.75, 3.05) is 31.6 Å². The lowest BCUT2D eigenvalue weighted by Gasteiger charge is -2.21. The van der Waals surface area contributed by atoms with E-state index < -0.39 is 10.0 Å². The van der Waals surface area contributed by atoms with Gasteiger partial charge in [0.25, 0.3) is 15.9 Å². The van der Waals surface area contributed by atoms with Gasteiger partial charge in [-0.2, -0.15) is 0 Å². The number of amides is 1. The van der Waals surface area contributed by atoms with Gasteiger partial charge in [0, 0.05) is 25.2 Å². The minimum Gasteiger partial charge on any atom is -0.495 e. The third kappa shape index (κ3) is 4.06. The van der Waals surface area contributed by atoms with E-state index in [0.717, 1.165) is 19.5 Å². The molecule has 7 nitrogen and oxygen atoms in total. The van der Waals surface area contributed by atoms with Gasteiger partial charge < -0.3 is 15.4 Å². The maximum Gasteiger partial charge on any atom is 0.264 e. The highest BCUT2D eigenvalue weighted by Gasteiger charge is 2.24. The molecule has 2 aromatic carbocycles. The summed E-state index contributed by atoms with van der Waals surface area (Å²) in [5, 5.41) is 6.12. The Bertz CT molecular complexity index is 907. The average molecular weight is 389 g/mol. The highest BCUT2D eigenvalue weighted by Crippen LogP contribution is 2.30. The van der Waals surface area contributed by atoms with E-state index in [1.165, 1.54) is 42.7 Å². The van der Waals surface area contributed by atoms with Gasteiger partial charge in [0.2, 0.25) is 0 Å². The van der Waals surface area contributed by atoms with Crippen LogP contribution in [-0.4, -0.2) is 47.6 Å². The predicted molar refractivity (Wildman–Crippen MR) is 104 cm³/mol. The standard InChI is InChI=1S/C19H23N3O4S/c1-22(17-5-3-4-6-18(17)26-2)27(24,25)16-9-7-14(8-10-16)19(23)21-15-11-12-20-13-15/h3-10,15,20H,11-13H2,1-2H3,(H,21,23). The van der Waals surface area contributed by atoms with Gasteiger partial charge in [-0.3, -0.25) is 9.10 Å². The summed E-state index contributed by atoms with van der Waals surface area (Å²) in [6.45, 7) is 1.64. The maximum atomic E-state index is 12.9. The summed E-state index contributed by atoms with van der Waals surface area (Å²) >= 11 is 0. The van der Waals surface area contributed by atoms with Crippen molar-refractivity contribution in [1.82, 2.24) is 10.6 Å². The average Bonchev–Trinajstić information content (AvgIpc) is 3.20. The van der Waals surface area contributed by atoms with Gasteiger partial charge in [-0.15, -0.1) is 0 Å². The lowest BCUT2D eigenvalue weighted by molar-refractivity contribution is 0.0940. The molecule has 0 aliphatic carbocycles. The fraction of sp³-hybridized carbons (Fsp3) is 0.316. The van der Waals surface area contributed by atoms with Gasteiger partial charge in [-0.1, -0.05) is 12.1 Å². The molecule has 0 radical (unpaired) electrons. The molecule has 8 heteroatoms. The largest absolute Gasteiger partial charge is 0.495 e. The van der Waals surface area contributed by atoms with E-state index in [4.69, 9.17) is 4.74 Å². The fourth-order valence-electron chi connectivity index (χ4n) is 3.00. The number of ether oxygens (including phenoxy) is 1. The summed E-state index contributed by atoms with van der Waals surface area (Å²) in [6.07, 6.45) is 0.891. The number of anilines is 1. The SMILES string of the molecule is COc1ccccc1N(C)S(=O)(=O)c1ccc(C(=O)NC2CCNC2)cc1. The molecule has 1 unspecified atom stereocenters. The van der Waals surface area contributed by atoms with E-state index in [2.05, 4.69) is 10.6 Å². The number of benzene rings is 2. The Hall–Kier alpha value is -2.58. The second-order valence-electron chi connectivity index (χ2n) is 6.33. The van der Waals surface area contributed by atoms with Crippen LogP contribution in [0, 0.1) is 0 Å². The zero-order valence-electron chi connectivity index (χ0n) is 15.3. The Morgan fingerprint density at radius 2 is 1.89 bits per heavy atom. The van der Waals surface area contributed by atoms with Crippen LogP contribution in [0.4, 0.5) is 5.69 Å². The number of rotatable bonds is 6. The topological polar surface area (TPSA) is 87.7 Å². The minimum absolute atomic E-state index is 0.106. The number of nitrogens with zero attached hydrogens (tertiary/aromatic N) is 1. The quantitative estimate of drug-likeness (QED) is 0.784. The van der Waals surface area contributed by atoms with E-state index in [1.807, 2.05) is 0 Å². The molecule has 1 fully saturated rings. The highest BCUT2D eigenvalue weighted by molar-refractivity contribution is 7.92. The monoisotopic (exact) mass is 389 g/mol. The lowest BCUT2D eigenvalue weighted by atomic mass is 10.2. The van der Waals surface area contributed by atoms with Crippen molar-refractivity contribution in [3.8, 4) is 5.75 Å². The molecule has 2 aromatic rings. The number of hydrogen-bond donors (Lipinski definition) is 2. The van der Waals surface area contributed by atoms with Gasteiger partial charge >= 0.3 is 0 Å². The molecular formula is C19H23N3O4S. The Balaban J connectivity index is 1.79. The van der Waals surface area contributed by atoms with E-state index in [-0.39, 0.29) is 16.8 Å². The number of carbonyl (C=O) groups excluding carboxylic acids is 1. The zero-order chi connectivity index (χ0) is 19.4. The summed E-state index contributed by atoms with van der Waals surface area (Å²) in [5.41, 5.74) is 0.872. The summed E-state index contributed by atoms with van der Waals surface area (Å²) < 4.78 is 32.3. The number of hydrogen-bond acceptors (Lipinski definition) is 5. The Morgan fingerprint density at radius 1 is 1.19 bits per heavy atom. The molecule has 1 aliphatic rings. The first kappa shape index (κ1) is 19.2. The number of sulfonamides is 1. The van der Waals surface area contributed by atoms with Crippen LogP contribution in [-0.2, 0) is 10.0 Å². The lowest BCUT2D eigenvalue weighted by Crippen LogP contribution is -2.36. The Kier molecular flexibility index (Phi) is 5.67. The molecule has 2 N–H and O–H groups in total. The first-order chi connectivity index (χ1) is 12.9. The van der Waals surface area contributed by atoms with Crippen molar-refractivity contribution in [2.24, 2.45) is 0 Å². The van der Waals surface area contributed by atoms with E-state index >= 15 is 0 Å². The van der Waals surface area contributed by atoms with Crippen LogP contribution in [0.1, 0.15) is 16.8 Å². The molecule has 3 rings (SSSR count). The molecule has 1 saturated heterocycles. The second-order valence-corrected chi connectivity index (χ2v) is 8.30. The molecular weight excluding hydrogens is 366 g/mol. The third-order valence-electron chi connectivity index (χ3n) is 4.59. The van der Waals surface area contributed by atoms with Crippen LogP contribution in [0.5, 0.6) is 5.75 Å². The van der Waals surface area contributed by atoms with Gasteiger partial charge in [0.15, 0.2) is 0 Å². The molecule has 0 saturated carbocycles. The molecule has 0 bridgehead atoms. The molecule has 1 aliphatic heterocycles.